The zero-order valence-electron chi connectivity index (χ0n) is 53.8. The number of hydrogen-bond donors (Lipinski definition) is 2. The van der Waals surface area contributed by atoms with E-state index in [1.165, 1.54) is 238 Å². The van der Waals surface area contributed by atoms with Gasteiger partial charge in [0.2, 0.25) is 5.91 Å². The SMILES string of the molecule is CC/C=C\C/C=C\C/C=C\C/C=C\C/C=C\CCCCCCCCCCCCCCCCCCCCCCCCCCCC(=O)NC(COP(=O)([O-])OCC[N+](C)(C)C)C(O)CCCCCCCCCCCCCCCCCCC. The lowest BCUT2D eigenvalue weighted by atomic mass is 10.0. The van der Waals surface area contributed by atoms with E-state index in [0.29, 0.717) is 23.9 Å². The Labute approximate surface area is 498 Å². The molecule has 0 spiro atoms. The number of rotatable bonds is 64. The van der Waals surface area contributed by atoms with Crippen molar-refractivity contribution in [3.05, 3.63) is 60.8 Å². The lowest BCUT2D eigenvalue weighted by Gasteiger charge is -2.30. The van der Waals surface area contributed by atoms with Crippen molar-refractivity contribution in [1.82, 2.24) is 5.32 Å². The Morgan fingerprint density at radius 2 is 0.762 bits per heavy atom. The van der Waals surface area contributed by atoms with Gasteiger partial charge in [-0.1, -0.05) is 331 Å². The van der Waals surface area contributed by atoms with Gasteiger partial charge in [0.05, 0.1) is 39.9 Å². The summed E-state index contributed by atoms with van der Waals surface area (Å²) in [6, 6.07) is -0.800. The molecule has 0 aromatic rings. The molecule has 0 fully saturated rings. The fourth-order valence-corrected chi connectivity index (χ4v) is 11.1. The minimum Gasteiger partial charge on any atom is -0.756 e. The molecule has 9 heteroatoms. The largest absolute Gasteiger partial charge is 0.756 e. The third-order valence-corrected chi connectivity index (χ3v) is 16.7. The molecular formula is C71H135N2O6P. The molecule has 0 aromatic carbocycles. The molecule has 0 aliphatic carbocycles. The summed E-state index contributed by atoms with van der Waals surface area (Å²) in [5.74, 6) is -0.158. The molecule has 3 unspecified atom stereocenters. The number of unbranched alkanes of at least 4 members (excludes halogenated alkanes) is 41. The molecule has 0 radical (unpaired) electrons. The van der Waals surface area contributed by atoms with E-state index < -0.39 is 20.0 Å². The van der Waals surface area contributed by atoms with Crippen molar-refractivity contribution in [2.45, 2.75) is 347 Å². The minimum atomic E-state index is -4.57. The fourth-order valence-electron chi connectivity index (χ4n) is 10.4. The molecule has 2 N–H and O–H groups in total. The predicted octanol–water partition coefficient (Wildman–Crippen LogP) is 21.4. The van der Waals surface area contributed by atoms with E-state index in [1.807, 2.05) is 21.1 Å². The molecule has 0 aliphatic heterocycles. The second kappa shape index (κ2) is 61.8. The maximum absolute atomic E-state index is 13.0. The highest BCUT2D eigenvalue weighted by Crippen LogP contribution is 2.38. The summed E-state index contributed by atoms with van der Waals surface area (Å²) in [5.41, 5.74) is 0. The molecular weight excluding hydrogens is 1010 g/mol. The van der Waals surface area contributed by atoms with Crippen LogP contribution < -0.4 is 10.2 Å². The lowest BCUT2D eigenvalue weighted by molar-refractivity contribution is -0.870. The molecule has 0 saturated carbocycles. The van der Waals surface area contributed by atoms with Gasteiger partial charge in [0.1, 0.15) is 13.2 Å². The first-order chi connectivity index (χ1) is 39.0. The number of phosphoric acid groups is 1. The zero-order chi connectivity index (χ0) is 58.4. The van der Waals surface area contributed by atoms with Crippen molar-refractivity contribution < 1.29 is 32.9 Å². The molecule has 80 heavy (non-hydrogen) atoms. The number of hydrogen-bond acceptors (Lipinski definition) is 6. The first kappa shape index (κ1) is 78.2. The molecule has 0 heterocycles. The summed E-state index contributed by atoms with van der Waals surface area (Å²) in [4.78, 5) is 25.6. The number of aliphatic hydroxyl groups is 1. The number of carbonyl (C=O) groups excluding carboxylic acids is 1. The normalized spacial score (nSPS) is 14.0. The van der Waals surface area contributed by atoms with Gasteiger partial charge in [0.15, 0.2) is 0 Å². The molecule has 0 aromatic heterocycles. The van der Waals surface area contributed by atoms with Crippen LogP contribution in [-0.2, 0) is 18.4 Å². The standard InChI is InChI=1S/C71H135N2O6P/c1-6-8-10-12-14-16-18-20-22-24-25-26-27-28-29-30-31-32-33-34-35-36-37-38-39-40-41-42-43-44-45-46-47-49-51-53-55-57-59-61-63-65-71(75)72-69(68-79-80(76,77)78-67-66-73(3,4)5)70(74)64-62-60-58-56-54-52-50-48-23-21-19-17-15-13-11-9-7-2/h8,10,14,16,20,22,25-26,28-29,69-70,74H,6-7,9,11-13,15,17-19,21,23-24,27,30-68H2,1-5H3,(H-,72,75,76,77)/b10-8-,16-14-,22-20-,26-25-,29-28-. The monoisotopic (exact) mass is 1140 g/mol. The quantitative estimate of drug-likeness (QED) is 0.0272. The summed E-state index contributed by atoms with van der Waals surface area (Å²) >= 11 is 0. The average Bonchev–Trinajstić information content (AvgIpc) is 3.42. The van der Waals surface area contributed by atoms with Gasteiger partial charge in [0, 0.05) is 6.42 Å². The Bertz CT molecular complexity index is 1490. The van der Waals surface area contributed by atoms with Crippen LogP contribution in [0, 0.1) is 0 Å². The second-order valence-corrected chi connectivity index (χ2v) is 26.3. The van der Waals surface area contributed by atoms with Crippen LogP contribution in [0.5, 0.6) is 0 Å². The number of carbonyl (C=O) groups is 1. The van der Waals surface area contributed by atoms with E-state index >= 15 is 0 Å². The van der Waals surface area contributed by atoms with Crippen molar-refractivity contribution in [3.63, 3.8) is 0 Å². The number of likely N-dealkylation sites (N-methyl/N-ethyl adjacent to an activating group) is 1. The van der Waals surface area contributed by atoms with Crippen molar-refractivity contribution in [2.75, 3.05) is 40.9 Å². The second-order valence-electron chi connectivity index (χ2n) is 24.9. The average molecular weight is 1140 g/mol. The first-order valence-electron chi connectivity index (χ1n) is 34.6. The Hall–Kier alpha value is -1.80. The van der Waals surface area contributed by atoms with Crippen LogP contribution in [0.15, 0.2) is 60.8 Å². The zero-order valence-corrected chi connectivity index (χ0v) is 54.7. The van der Waals surface area contributed by atoms with E-state index in [1.54, 1.807) is 0 Å². The summed E-state index contributed by atoms with van der Waals surface area (Å²) in [5, 5.41) is 14.1. The van der Waals surface area contributed by atoms with Gasteiger partial charge in [0.25, 0.3) is 7.82 Å². The Morgan fingerprint density at radius 3 is 1.11 bits per heavy atom. The number of phosphoric ester groups is 1. The van der Waals surface area contributed by atoms with Crippen molar-refractivity contribution in [2.24, 2.45) is 0 Å². The van der Waals surface area contributed by atoms with E-state index in [4.69, 9.17) is 9.05 Å². The fraction of sp³-hybridized carbons (Fsp3) is 0.845. The van der Waals surface area contributed by atoms with Gasteiger partial charge in [-0.2, -0.15) is 0 Å². The topological polar surface area (TPSA) is 108 Å². The van der Waals surface area contributed by atoms with Gasteiger partial charge in [-0.25, -0.2) is 0 Å². The van der Waals surface area contributed by atoms with Crippen LogP contribution in [0.25, 0.3) is 0 Å². The van der Waals surface area contributed by atoms with Crippen LogP contribution in [-0.4, -0.2) is 68.5 Å². The molecule has 0 bridgehead atoms. The number of amides is 1. The predicted molar refractivity (Wildman–Crippen MR) is 348 cm³/mol. The Kier molecular flexibility index (Phi) is 60.4. The molecule has 0 saturated heterocycles. The van der Waals surface area contributed by atoms with Crippen molar-refractivity contribution in [1.29, 1.82) is 0 Å². The summed E-state index contributed by atoms with van der Waals surface area (Å²) in [7, 11) is 1.32. The minimum absolute atomic E-state index is 0.0139. The number of nitrogens with zero attached hydrogens (tertiary/aromatic N) is 1. The van der Waals surface area contributed by atoms with Crippen LogP contribution in [0.3, 0.4) is 0 Å². The number of allylic oxidation sites excluding steroid dienone is 10. The smallest absolute Gasteiger partial charge is 0.268 e. The Morgan fingerprint density at radius 1 is 0.450 bits per heavy atom. The lowest BCUT2D eigenvalue weighted by Crippen LogP contribution is -2.46. The number of aliphatic hydroxyl groups excluding tert-OH is 1. The van der Waals surface area contributed by atoms with Gasteiger partial charge >= 0.3 is 0 Å². The molecule has 3 atom stereocenters. The van der Waals surface area contributed by atoms with Gasteiger partial charge in [-0.05, 0) is 57.8 Å². The third-order valence-electron chi connectivity index (χ3n) is 15.8. The van der Waals surface area contributed by atoms with Gasteiger partial charge in [-0.3, -0.25) is 9.36 Å². The highest BCUT2D eigenvalue weighted by atomic mass is 31.2. The maximum atomic E-state index is 13.0. The molecule has 1 amide bonds. The molecule has 8 nitrogen and oxygen atoms in total. The van der Waals surface area contributed by atoms with Gasteiger partial charge in [-0.15, -0.1) is 0 Å². The van der Waals surface area contributed by atoms with Crippen molar-refractivity contribution >= 4 is 13.7 Å². The van der Waals surface area contributed by atoms with Crippen LogP contribution in [0.2, 0.25) is 0 Å². The van der Waals surface area contributed by atoms with E-state index in [0.717, 1.165) is 70.6 Å². The number of quaternary nitrogens is 1. The highest BCUT2D eigenvalue weighted by Gasteiger charge is 2.24. The summed E-state index contributed by atoms with van der Waals surface area (Å²) < 4.78 is 23.5. The van der Waals surface area contributed by atoms with Crippen molar-refractivity contribution in [3.8, 4) is 0 Å². The van der Waals surface area contributed by atoms with E-state index in [2.05, 4.69) is 79.9 Å². The maximum Gasteiger partial charge on any atom is 0.268 e. The molecule has 0 aliphatic rings. The number of nitrogens with one attached hydrogen (secondary N) is 1. The summed E-state index contributed by atoms with van der Waals surface area (Å²) in [6.07, 6.45) is 84.5. The first-order valence-corrected chi connectivity index (χ1v) is 36.1. The molecule has 470 valence electrons. The van der Waals surface area contributed by atoms with Crippen LogP contribution >= 0.6 is 7.82 Å². The third kappa shape index (κ3) is 63.8. The van der Waals surface area contributed by atoms with E-state index in [9.17, 15) is 19.4 Å². The highest BCUT2D eigenvalue weighted by molar-refractivity contribution is 7.45. The summed E-state index contributed by atoms with van der Waals surface area (Å²) in [6.45, 7) is 4.65. The van der Waals surface area contributed by atoms with Crippen LogP contribution in [0.1, 0.15) is 335 Å². The van der Waals surface area contributed by atoms with Crippen LogP contribution in [0.4, 0.5) is 0 Å². The van der Waals surface area contributed by atoms with E-state index in [-0.39, 0.29) is 19.1 Å². The molecule has 0 rings (SSSR count). The Balaban J connectivity index is 3.87. The van der Waals surface area contributed by atoms with Gasteiger partial charge < -0.3 is 28.8 Å².